The predicted molar refractivity (Wildman–Crippen MR) is 90.9 cm³/mol. The number of hydrogen-bond donors (Lipinski definition) is 1. The largest absolute Gasteiger partial charge is 0.496 e. The Morgan fingerprint density at radius 1 is 1.39 bits per heavy atom. The van der Waals surface area contributed by atoms with E-state index in [-0.39, 0.29) is 17.5 Å². The van der Waals surface area contributed by atoms with Crippen LogP contribution in [-0.4, -0.2) is 19.1 Å². The highest BCUT2D eigenvalue weighted by Crippen LogP contribution is 2.24. The summed E-state index contributed by atoms with van der Waals surface area (Å²) in [5.41, 5.74) is 1.94. The van der Waals surface area contributed by atoms with Gasteiger partial charge in [0.05, 0.1) is 7.11 Å². The molecule has 1 aromatic rings. The summed E-state index contributed by atoms with van der Waals surface area (Å²) in [4.78, 5) is 12.4. The van der Waals surface area contributed by atoms with Gasteiger partial charge in [0, 0.05) is 6.04 Å². The zero-order valence-electron chi connectivity index (χ0n) is 14.1. The Bertz CT molecular complexity index is 643. The van der Waals surface area contributed by atoms with Gasteiger partial charge in [-0.2, -0.15) is 5.26 Å². The number of hydrogen-bond acceptors (Lipinski definition) is 3. The fourth-order valence-electron chi connectivity index (χ4n) is 3.02. The van der Waals surface area contributed by atoms with Gasteiger partial charge < -0.3 is 10.1 Å². The van der Waals surface area contributed by atoms with E-state index in [9.17, 15) is 10.1 Å². The molecule has 2 rings (SSSR count). The van der Waals surface area contributed by atoms with Crippen LogP contribution in [-0.2, 0) is 4.79 Å². The molecule has 23 heavy (non-hydrogen) atoms. The number of ether oxygens (including phenoxy) is 1. The number of amides is 1. The summed E-state index contributed by atoms with van der Waals surface area (Å²) in [5, 5.41) is 12.3. The molecule has 1 aromatic carbocycles. The number of rotatable bonds is 4. The number of nitrogens with one attached hydrogen (secondary N) is 1. The molecule has 0 radical (unpaired) electrons. The van der Waals surface area contributed by atoms with Gasteiger partial charge in [0.1, 0.15) is 17.4 Å². The smallest absolute Gasteiger partial charge is 0.262 e. The number of nitriles is 1. The maximum atomic E-state index is 12.4. The molecular formula is C19H24N2O2. The van der Waals surface area contributed by atoms with Crippen LogP contribution in [0.15, 0.2) is 23.8 Å². The maximum absolute atomic E-state index is 12.4. The van der Waals surface area contributed by atoms with Crippen molar-refractivity contribution in [2.24, 2.45) is 5.92 Å². The van der Waals surface area contributed by atoms with Crippen LogP contribution in [0.5, 0.6) is 5.75 Å². The van der Waals surface area contributed by atoms with Gasteiger partial charge in [-0.1, -0.05) is 31.9 Å². The van der Waals surface area contributed by atoms with E-state index in [2.05, 4.69) is 12.2 Å². The molecule has 0 heterocycles. The molecule has 1 N–H and O–H groups in total. The summed E-state index contributed by atoms with van der Waals surface area (Å²) in [6.45, 7) is 4.11. The average molecular weight is 312 g/mol. The van der Waals surface area contributed by atoms with Crippen molar-refractivity contribution < 1.29 is 9.53 Å². The normalized spacial score (nSPS) is 21.4. The lowest BCUT2D eigenvalue weighted by atomic mass is 9.86. The lowest BCUT2D eigenvalue weighted by molar-refractivity contribution is -0.118. The Kier molecular flexibility index (Phi) is 5.81. The standard InChI is InChI=1S/C19H24N2O2/c1-13-6-4-5-7-17(13)21-19(22)16(12-20)10-15-9-8-14(2)18(11-15)23-3/h8-11,13,17H,4-7H2,1-3H3,(H,21,22)/b16-10+/t13-,17-/m1/s1. The van der Waals surface area contributed by atoms with Crippen LogP contribution in [0.2, 0.25) is 0 Å². The second-order valence-electron chi connectivity index (χ2n) is 6.24. The van der Waals surface area contributed by atoms with E-state index in [0.717, 1.165) is 36.1 Å². The third-order valence-electron chi connectivity index (χ3n) is 4.54. The van der Waals surface area contributed by atoms with E-state index >= 15 is 0 Å². The fourth-order valence-corrected chi connectivity index (χ4v) is 3.02. The van der Waals surface area contributed by atoms with Gasteiger partial charge in [-0.15, -0.1) is 0 Å². The molecule has 1 aliphatic rings. The van der Waals surface area contributed by atoms with Crippen LogP contribution in [0.3, 0.4) is 0 Å². The number of carbonyl (C=O) groups is 1. The van der Waals surface area contributed by atoms with Gasteiger partial charge in [-0.3, -0.25) is 4.79 Å². The third kappa shape index (κ3) is 4.35. The van der Waals surface area contributed by atoms with Gasteiger partial charge >= 0.3 is 0 Å². The molecule has 1 aliphatic carbocycles. The summed E-state index contributed by atoms with van der Waals surface area (Å²) in [5.74, 6) is 0.926. The highest BCUT2D eigenvalue weighted by atomic mass is 16.5. The summed E-state index contributed by atoms with van der Waals surface area (Å²) in [6, 6.07) is 7.82. The molecule has 1 fully saturated rings. The van der Waals surface area contributed by atoms with Gasteiger partial charge in [-0.25, -0.2) is 0 Å². The van der Waals surface area contributed by atoms with Crippen LogP contribution in [0.1, 0.15) is 43.7 Å². The molecule has 0 aromatic heterocycles. The minimum Gasteiger partial charge on any atom is -0.496 e. The van der Waals surface area contributed by atoms with E-state index in [1.165, 1.54) is 6.42 Å². The predicted octanol–water partition coefficient (Wildman–Crippen LogP) is 3.61. The molecule has 4 nitrogen and oxygen atoms in total. The second kappa shape index (κ2) is 7.82. The van der Waals surface area contributed by atoms with Crippen LogP contribution in [0.25, 0.3) is 6.08 Å². The van der Waals surface area contributed by atoms with E-state index in [1.54, 1.807) is 13.2 Å². The summed E-state index contributed by atoms with van der Waals surface area (Å²) >= 11 is 0. The lowest BCUT2D eigenvalue weighted by Crippen LogP contribution is -2.41. The van der Waals surface area contributed by atoms with Crippen molar-refractivity contribution in [1.82, 2.24) is 5.32 Å². The lowest BCUT2D eigenvalue weighted by Gasteiger charge is -2.29. The SMILES string of the molecule is COc1cc(/C=C(\C#N)C(=O)N[C@@H]2CCCC[C@H]2C)ccc1C. The molecule has 4 heteroatoms. The monoisotopic (exact) mass is 312 g/mol. The Balaban J connectivity index is 2.15. The van der Waals surface area contributed by atoms with Crippen LogP contribution in [0.4, 0.5) is 0 Å². The molecular weight excluding hydrogens is 288 g/mol. The quantitative estimate of drug-likeness (QED) is 0.682. The Labute approximate surface area is 138 Å². The number of methoxy groups -OCH3 is 1. The number of carbonyl (C=O) groups excluding carboxylic acids is 1. The number of nitrogens with zero attached hydrogens (tertiary/aromatic N) is 1. The Morgan fingerprint density at radius 2 is 2.13 bits per heavy atom. The topological polar surface area (TPSA) is 62.1 Å². The Hall–Kier alpha value is -2.28. The van der Waals surface area contributed by atoms with E-state index < -0.39 is 0 Å². The fraction of sp³-hybridized carbons (Fsp3) is 0.474. The second-order valence-corrected chi connectivity index (χ2v) is 6.24. The first kappa shape index (κ1) is 17.1. The molecule has 1 saturated carbocycles. The first-order chi connectivity index (χ1) is 11.0. The van der Waals surface area contributed by atoms with Gasteiger partial charge in [0.25, 0.3) is 5.91 Å². The van der Waals surface area contributed by atoms with Crippen molar-refractivity contribution in [2.45, 2.75) is 45.6 Å². The van der Waals surface area contributed by atoms with E-state index in [1.807, 2.05) is 31.2 Å². The molecule has 0 unspecified atom stereocenters. The minimum atomic E-state index is -0.286. The highest BCUT2D eigenvalue weighted by molar-refractivity contribution is 6.01. The first-order valence-corrected chi connectivity index (χ1v) is 8.12. The summed E-state index contributed by atoms with van der Waals surface area (Å²) in [7, 11) is 1.61. The van der Waals surface area contributed by atoms with Gasteiger partial charge in [-0.05, 0) is 49.0 Å². The van der Waals surface area contributed by atoms with Crippen LogP contribution >= 0.6 is 0 Å². The maximum Gasteiger partial charge on any atom is 0.262 e. The van der Waals surface area contributed by atoms with Crippen molar-refractivity contribution in [3.05, 3.63) is 34.9 Å². The van der Waals surface area contributed by atoms with Crippen LogP contribution in [0, 0.1) is 24.2 Å². The highest BCUT2D eigenvalue weighted by Gasteiger charge is 2.24. The van der Waals surface area contributed by atoms with Gasteiger partial charge in [0.15, 0.2) is 0 Å². The Morgan fingerprint density at radius 3 is 2.78 bits per heavy atom. The van der Waals surface area contributed by atoms with E-state index in [0.29, 0.717) is 5.92 Å². The van der Waals surface area contributed by atoms with Crippen LogP contribution < -0.4 is 10.1 Å². The molecule has 0 spiro atoms. The molecule has 1 amide bonds. The first-order valence-electron chi connectivity index (χ1n) is 8.12. The molecule has 0 saturated heterocycles. The molecule has 2 atom stereocenters. The van der Waals surface area contributed by atoms with Gasteiger partial charge in [0.2, 0.25) is 0 Å². The van der Waals surface area contributed by atoms with Crippen molar-refractivity contribution in [1.29, 1.82) is 5.26 Å². The minimum absolute atomic E-state index is 0.133. The van der Waals surface area contributed by atoms with Crippen molar-refractivity contribution in [3.63, 3.8) is 0 Å². The molecule has 122 valence electrons. The zero-order valence-corrected chi connectivity index (χ0v) is 14.1. The molecule has 0 bridgehead atoms. The van der Waals surface area contributed by atoms with Crippen molar-refractivity contribution >= 4 is 12.0 Å². The average Bonchev–Trinajstić information content (AvgIpc) is 2.56. The number of aryl methyl sites for hydroxylation is 1. The number of benzene rings is 1. The third-order valence-corrected chi connectivity index (χ3v) is 4.54. The molecule has 0 aliphatic heterocycles. The zero-order chi connectivity index (χ0) is 16.8. The van der Waals surface area contributed by atoms with E-state index in [4.69, 9.17) is 4.74 Å². The summed E-state index contributed by atoms with van der Waals surface area (Å²) in [6.07, 6.45) is 6.09. The summed E-state index contributed by atoms with van der Waals surface area (Å²) < 4.78 is 5.28. The van der Waals surface area contributed by atoms with Crippen molar-refractivity contribution in [3.8, 4) is 11.8 Å². The van der Waals surface area contributed by atoms with Crippen molar-refractivity contribution in [2.75, 3.05) is 7.11 Å².